The van der Waals surface area contributed by atoms with Crippen LogP contribution >= 0.6 is 15.9 Å². The Morgan fingerprint density at radius 1 is 1.14 bits per heavy atom. The lowest BCUT2D eigenvalue weighted by Crippen LogP contribution is -2.40. The molecule has 0 spiro atoms. The van der Waals surface area contributed by atoms with Crippen molar-refractivity contribution in [2.45, 2.75) is 46.9 Å². The molecule has 0 saturated carbocycles. The Balaban J connectivity index is 2.15. The van der Waals surface area contributed by atoms with E-state index in [0.29, 0.717) is 31.3 Å². The van der Waals surface area contributed by atoms with E-state index >= 15 is 0 Å². The van der Waals surface area contributed by atoms with Crippen LogP contribution in [0.2, 0.25) is 0 Å². The molecule has 5 nitrogen and oxygen atoms in total. The van der Waals surface area contributed by atoms with Gasteiger partial charge < -0.3 is 19.9 Å². The number of nitrogens with one attached hydrogen (secondary N) is 1. The van der Waals surface area contributed by atoms with Gasteiger partial charge in [0.15, 0.2) is 11.5 Å². The summed E-state index contributed by atoms with van der Waals surface area (Å²) in [5, 5.41) is 12.4. The van der Waals surface area contributed by atoms with Crippen molar-refractivity contribution in [3.05, 3.63) is 57.6 Å². The van der Waals surface area contributed by atoms with Gasteiger partial charge in [0.2, 0.25) is 0 Å². The fourth-order valence-corrected chi connectivity index (χ4v) is 3.41. The number of carboxylic acid groups (broad SMARTS) is 1. The SMILES string of the molecule is CCOc1cc(CNC(C(=O)O)C(C)C)cc(Br)c1OCc1ccc(C)cc1. The van der Waals surface area contributed by atoms with E-state index in [-0.39, 0.29) is 5.92 Å². The van der Waals surface area contributed by atoms with Gasteiger partial charge in [-0.2, -0.15) is 0 Å². The Kier molecular flexibility index (Phi) is 8.33. The van der Waals surface area contributed by atoms with Gasteiger partial charge in [0, 0.05) is 6.54 Å². The van der Waals surface area contributed by atoms with Crippen molar-refractivity contribution in [3.8, 4) is 11.5 Å². The van der Waals surface area contributed by atoms with Crippen molar-refractivity contribution in [1.29, 1.82) is 0 Å². The van der Waals surface area contributed by atoms with Gasteiger partial charge in [-0.05, 0) is 59.0 Å². The number of ether oxygens (including phenoxy) is 2. The number of aliphatic carboxylic acids is 1. The molecule has 0 amide bonds. The molecule has 0 aromatic heterocycles. The first-order valence-electron chi connectivity index (χ1n) is 9.41. The minimum Gasteiger partial charge on any atom is -0.490 e. The molecule has 6 heteroatoms. The molecular formula is C22H28BrNO4. The van der Waals surface area contributed by atoms with Gasteiger partial charge in [-0.15, -0.1) is 0 Å². The lowest BCUT2D eigenvalue weighted by Gasteiger charge is -2.19. The predicted molar refractivity (Wildman–Crippen MR) is 114 cm³/mol. The van der Waals surface area contributed by atoms with E-state index in [9.17, 15) is 9.90 Å². The number of rotatable bonds is 10. The summed E-state index contributed by atoms with van der Waals surface area (Å²) in [4.78, 5) is 11.4. The maximum Gasteiger partial charge on any atom is 0.320 e. The number of halogens is 1. The third-order valence-corrected chi connectivity index (χ3v) is 4.92. The fourth-order valence-electron chi connectivity index (χ4n) is 2.80. The second kappa shape index (κ2) is 10.5. The van der Waals surface area contributed by atoms with Crippen molar-refractivity contribution >= 4 is 21.9 Å². The molecule has 0 saturated heterocycles. The highest BCUT2D eigenvalue weighted by Gasteiger charge is 2.21. The first-order valence-corrected chi connectivity index (χ1v) is 10.2. The average Bonchev–Trinajstić information content (AvgIpc) is 2.62. The molecule has 0 aliphatic rings. The minimum atomic E-state index is -0.850. The molecule has 2 aromatic rings. The Morgan fingerprint density at radius 2 is 1.82 bits per heavy atom. The van der Waals surface area contributed by atoms with Crippen LogP contribution < -0.4 is 14.8 Å². The first kappa shape index (κ1) is 22.2. The van der Waals surface area contributed by atoms with Crippen molar-refractivity contribution in [3.63, 3.8) is 0 Å². The maximum atomic E-state index is 11.4. The highest BCUT2D eigenvalue weighted by atomic mass is 79.9. The molecule has 28 heavy (non-hydrogen) atoms. The molecule has 0 fully saturated rings. The van der Waals surface area contributed by atoms with Crippen LogP contribution in [0.4, 0.5) is 0 Å². The highest BCUT2D eigenvalue weighted by Crippen LogP contribution is 2.37. The molecule has 2 N–H and O–H groups in total. The van der Waals surface area contributed by atoms with Gasteiger partial charge in [-0.1, -0.05) is 43.7 Å². The van der Waals surface area contributed by atoms with E-state index in [2.05, 4.69) is 40.3 Å². The van der Waals surface area contributed by atoms with Gasteiger partial charge in [0.25, 0.3) is 0 Å². The lowest BCUT2D eigenvalue weighted by atomic mass is 10.0. The zero-order valence-electron chi connectivity index (χ0n) is 16.8. The predicted octanol–water partition coefficient (Wildman–Crippen LogP) is 4.93. The first-order chi connectivity index (χ1) is 13.3. The van der Waals surface area contributed by atoms with Crippen LogP contribution in [0.1, 0.15) is 37.5 Å². The monoisotopic (exact) mass is 449 g/mol. The van der Waals surface area contributed by atoms with Crippen LogP contribution in [0.5, 0.6) is 11.5 Å². The van der Waals surface area contributed by atoms with Crippen molar-refractivity contribution in [2.75, 3.05) is 6.61 Å². The van der Waals surface area contributed by atoms with E-state index in [1.165, 1.54) is 5.56 Å². The van der Waals surface area contributed by atoms with Gasteiger partial charge in [0.05, 0.1) is 11.1 Å². The standard InChI is InChI=1S/C22H28BrNO4/c1-5-27-19-11-17(12-24-20(14(2)3)22(25)26)10-18(23)21(19)28-13-16-8-6-15(4)7-9-16/h6-11,14,20,24H,5,12-13H2,1-4H3,(H,25,26). The third kappa shape index (κ3) is 6.24. The Bertz CT molecular complexity index is 790. The number of aryl methyl sites for hydroxylation is 1. The van der Waals surface area contributed by atoms with E-state index in [1.54, 1.807) is 0 Å². The van der Waals surface area contributed by atoms with Crippen molar-refractivity contribution < 1.29 is 19.4 Å². The molecular weight excluding hydrogens is 422 g/mol. The molecule has 0 heterocycles. The zero-order valence-corrected chi connectivity index (χ0v) is 18.4. The number of hydrogen-bond acceptors (Lipinski definition) is 4. The van der Waals surface area contributed by atoms with Gasteiger partial charge in [0.1, 0.15) is 12.6 Å². The summed E-state index contributed by atoms with van der Waals surface area (Å²) >= 11 is 3.57. The number of carboxylic acids is 1. The molecule has 2 rings (SSSR count). The second-order valence-electron chi connectivity index (χ2n) is 7.05. The number of benzene rings is 2. The van der Waals surface area contributed by atoms with Crippen LogP contribution in [0.15, 0.2) is 40.9 Å². The molecule has 1 atom stereocenters. The van der Waals surface area contributed by atoms with Crippen LogP contribution in [-0.4, -0.2) is 23.7 Å². The average molecular weight is 450 g/mol. The normalized spacial score (nSPS) is 12.1. The molecule has 2 aromatic carbocycles. The summed E-state index contributed by atoms with van der Waals surface area (Å²) in [6, 6.07) is 11.4. The molecule has 0 aliphatic carbocycles. The third-order valence-electron chi connectivity index (χ3n) is 4.33. The van der Waals surface area contributed by atoms with Crippen LogP contribution in [0.25, 0.3) is 0 Å². The molecule has 152 valence electrons. The lowest BCUT2D eigenvalue weighted by molar-refractivity contribution is -0.140. The summed E-state index contributed by atoms with van der Waals surface area (Å²) < 4.78 is 12.6. The Morgan fingerprint density at radius 3 is 2.39 bits per heavy atom. The Hall–Kier alpha value is -2.05. The van der Waals surface area contributed by atoms with Crippen molar-refractivity contribution in [1.82, 2.24) is 5.32 Å². The van der Waals surface area contributed by atoms with Crippen LogP contribution in [0, 0.1) is 12.8 Å². The van der Waals surface area contributed by atoms with Crippen LogP contribution in [0.3, 0.4) is 0 Å². The summed E-state index contributed by atoms with van der Waals surface area (Å²) in [6.45, 7) is 9.10. The van der Waals surface area contributed by atoms with E-state index in [4.69, 9.17) is 9.47 Å². The van der Waals surface area contributed by atoms with Crippen LogP contribution in [-0.2, 0) is 17.9 Å². The van der Waals surface area contributed by atoms with E-state index < -0.39 is 12.0 Å². The minimum absolute atomic E-state index is 0.00980. The molecule has 0 aliphatic heterocycles. The van der Waals surface area contributed by atoms with E-state index in [0.717, 1.165) is 15.6 Å². The maximum absolute atomic E-state index is 11.4. The van der Waals surface area contributed by atoms with Gasteiger partial charge in [-0.25, -0.2) is 0 Å². The number of carbonyl (C=O) groups is 1. The smallest absolute Gasteiger partial charge is 0.320 e. The largest absolute Gasteiger partial charge is 0.490 e. The highest BCUT2D eigenvalue weighted by molar-refractivity contribution is 9.10. The number of hydrogen-bond donors (Lipinski definition) is 2. The fraction of sp³-hybridized carbons (Fsp3) is 0.409. The molecule has 0 bridgehead atoms. The quantitative estimate of drug-likeness (QED) is 0.537. The summed E-state index contributed by atoms with van der Waals surface area (Å²) in [7, 11) is 0. The summed E-state index contributed by atoms with van der Waals surface area (Å²) in [5.74, 6) is 0.420. The van der Waals surface area contributed by atoms with Gasteiger partial charge in [-0.3, -0.25) is 4.79 Å². The van der Waals surface area contributed by atoms with Gasteiger partial charge >= 0.3 is 5.97 Å². The topological polar surface area (TPSA) is 67.8 Å². The zero-order chi connectivity index (χ0) is 20.7. The summed E-state index contributed by atoms with van der Waals surface area (Å²) in [5.41, 5.74) is 3.20. The Labute approximate surface area is 175 Å². The molecule has 1 unspecified atom stereocenters. The second-order valence-corrected chi connectivity index (χ2v) is 7.91. The summed E-state index contributed by atoms with van der Waals surface area (Å²) in [6.07, 6.45) is 0. The van der Waals surface area contributed by atoms with E-state index in [1.807, 2.05) is 45.0 Å². The molecule has 0 radical (unpaired) electrons. The van der Waals surface area contributed by atoms with Crippen molar-refractivity contribution in [2.24, 2.45) is 5.92 Å².